The Morgan fingerprint density at radius 2 is 2.12 bits per heavy atom. The Labute approximate surface area is 140 Å². The van der Waals surface area contributed by atoms with Crippen LogP contribution in [-0.2, 0) is 16.1 Å². The maximum Gasteiger partial charge on any atom is 0.245 e. The number of benzene rings is 1. The second-order valence-corrected chi connectivity index (χ2v) is 6.54. The molecule has 2 aromatic rings. The zero-order chi connectivity index (χ0) is 16.7. The van der Waals surface area contributed by atoms with Gasteiger partial charge in [-0.05, 0) is 30.7 Å². The van der Waals surface area contributed by atoms with E-state index in [4.69, 9.17) is 0 Å². The van der Waals surface area contributed by atoms with E-state index in [2.05, 4.69) is 33.4 Å². The van der Waals surface area contributed by atoms with Crippen molar-refractivity contribution < 1.29 is 9.59 Å². The molecule has 4 rings (SSSR count). The zero-order valence-electron chi connectivity index (χ0n) is 13.6. The molecular weight excluding hydrogens is 304 g/mol. The van der Waals surface area contributed by atoms with Crippen LogP contribution >= 0.6 is 0 Å². The summed E-state index contributed by atoms with van der Waals surface area (Å²) in [5.74, 6) is -0.0226. The lowest BCUT2D eigenvalue weighted by Crippen LogP contribution is -2.68. The van der Waals surface area contributed by atoms with Crippen molar-refractivity contribution >= 4 is 22.7 Å². The zero-order valence-corrected chi connectivity index (χ0v) is 13.6. The van der Waals surface area contributed by atoms with Crippen molar-refractivity contribution in [3.63, 3.8) is 0 Å². The van der Waals surface area contributed by atoms with Gasteiger partial charge in [0.2, 0.25) is 11.8 Å². The average molecular weight is 324 g/mol. The van der Waals surface area contributed by atoms with Gasteiger partial charge >= 0.3 is 0 Å². The Bertz CT molecular complexity index is 806. The van der Waals surface area contributed by atoms with Gasteiger partial charge in [0.15, 0.2) is 0 Å². The SMILES string of the molecule is C[C@@H]1NC(=O)[C@H]2CN(Cc3ccc4ncccc4c3)CCN2C1=O. The van der Waals surface area contributed by atoms with Crippen molar-refractivity contribution in [3.05, 3.63) is 42.1 Å². The topological polar surface area (TPSA) is 65.5 Å². The van der Waals surface area contributed by atoms with E-state index in [9.17, 15) is 9.59 Å². The van der Waals surface area contributed by atoms with E-state index in [1.54, 1.807) is 18.0 Å². The first kappa shape index (κ1) is 15.1. The quantitative estimate of drug-likeness (QED) is 0.886. The number of piperazine rings is 2. The van der Waals surface area contributed by atoms with Crippen LogP contribution in [0.4, 0.5) is 0 Å². The lowest BCUT2D eigenvalue weighted by molar-refractivity contribution is -0.152. The van der Waals surface area contributed by atoms with Gasteiger partial charge in [0.1, 0.15) is 12.1 Å². The second kappa shape index (κ2) is 5.87. The third kappa shape index (κ3) is 2.63. The first-order valence-electron chi connectivity index (χ1n) is 8.29. The van der Waals surface area contributed by atoms with Gasteiger partial charge < -0.3 is 10.2 Å². The summed E-state index contributed by atoms with van der Waals surface area (Å²) in [6.45, 7) is 4.48. The molecule has 0 spiro atoms. The Morgan fingerprint density at radius 3 is 3.00 bits per heavy atom. The second-order valence-electron chi connectivity index (χ2n) is 6.54. The Hall–Kier alpha value is -2.47. The average Bonchev–Trinajstić information content (AvgIpc) is 2.60. The standard InChI is InChI=1S/C18H20N4O2/c1-12-18(24)22-8-7-21(11-16(22)17(23)20-12)10-13-4-5-15-14(9-13)3-2-6-19-15/h2-6,9,12,16H,7-8,10-11H2,1H3,(H,20,23)/t12-,16+/m0/s1. The highest BCUT2D eigenvalue weighted by molar-refractivity contribution is 5.97. The van der Waals surface area contributed by atoms with E-state index in [1.165, 1.54) is 5.56 Å². The highest BCUT2D eigenvalue weighted by Gasteiger charge is 2.41. The van der Waals surface area contributed by atoms with E-state index in [-0.39, 0.29) is 17.9 Å². The van der Waals surface area contributed by atoms with Crippen LogP contribution in [0, 0.1) is 0 Å². The van der Waals surface area contributed by atoms with Crippen molar-refractivity contribution in [2.45, 2.75) is 25.6 Å². The van der Waals surface area contributed by atoms with Crippen LogP contribution in [-0.4, -0.2) is 58.3 Å². The van der Waals surface area contributed by atoms with Crippen LogP contribution in [0.15, 0.2) is 36.5 Å². The Balaban J connectivity index is 1.49. The lowest BCUT2D eigenvalue weighted by Gasteiger charge is -2.44. The first-order chi connectivity index (χ1) is 11.6. The molecule has 2 atom stereocenters. The summed E-state index contributed by atoms with van der Waals surface area (Å²) in [6.07, 6.45) is 1.79. The molecule has 3 heterocycles. The molecule has 1 N–H and O–H groups in total. The van der Waals surface area contributed by atoms with Gasteiger partial charge in [-0.3, -0.25) is 19.5 Å². The fourth-order valence-electron chi connectivity index (χ4n) is 3.57. The summed E-state index contributed by atoms with van der Waals surface area (Å²) in [4.78, 5) is 32.7. The predicted molar refractivity (Wildman–Crippen MR) is 90.1 cm³/mol. The van der Waals surface area contributed by atoms with Crippen LogP contribution in [0.5, 0.6) is 0 Å². The van der Waals surface area contributed by atoms with Gasteiger partial charge in [-0.2, -0.15) is 0 Å². The molecule has 2 aliphatic rings. The summed E-state index contributed by atoms with van der Waals surface area (Å²) >= 11 is 0. The van der Waals surface area contributed by atoms with Crippen molar-refractivity contribution in [2.75, 3.05) is 19.6 Å². The minimum Gasteiger partial charge on any atom is -0.343 e. The Kier molecular flexibility index (Phi) is 3.69. The van der Waals surface area contributed by atoms with Crippen LogP contribution in [0.2, 0.25) is 0 Å². The largest absolute Gasteiger partial charge is 0.343 e. The third-order valence-electron chi connectivity index (χ3n) is 4.85. The van der Waals surface area contributed by atoms with Gasteiger partial charge in [-0.15, -0.1) is 0 Å². The van der Waals surface area contributed by atoms with Crippen molar-refractivity contribution in [1.82, 2.24) is 20.1 Å². The molecule has 6 heteroatoms. The smallest absolute Gasteiger partial charge is 0.245 e. The monoisotopic (exact) mass is 324 g/mol. The maximum atomic E-state index is 12.2. The van der Waals surface area contributed by atoms with Crippen LogP contribution in [0.25, 0.3) is 10.9 Å². The highest BCUT2D eigenvalue weighted by atomic mass is 16.2. The molecule has 0 radical (unpaired) electrons. The number of carbonyl (C=O) groups is 2. The van der Waals surface area contributed by atoms with Gasteiger partial charge in [-0.1, -0.05) is 12.1 Å². The molecule has 2 fully saturated rings. The van der Waals surface area contributed by atoms with Crippen LogP contribution in [0.3, 0.4) is 0 Å². The fraction of sp³-hybridized carbons (Fsp3) is 0.389. The van der Waals surface area contributed by atoms with E-state index in [1.807, 2.05) is 12.1 Å². The van der Waals surface area contributed by atoms with E-state index in [0.717, 1.165) is 24.0 Å². The van der Waals surface area contributed by atoms with Crippen LogP contribution in [0.1, 0.15) is 12.5 Å². The normalized spacial score (nSPS) is 24.8. The predicted octanol–water partition coefficient (Wildman–Crippen LogP) is 0.766. The summed E-state index contributed by atoms with van der Waals surface area (Å²) in [5.41, 5.74) is 2.18. The fourth-order valence-corrected chi connectivity index (χ4v) is 3.57. The van der Waals surface area contributed by atoms with Crippen molar-refractivity contribution in [1.29, 1.82) is 0 Å². The van der Waals surface area contributed by atoms with E-state index < -0.39 is 6.04 Å². The number of nitrogens with one attached hydrogen (secondary N) is 1. The molecule has 0 bridgehead atoms. The van der Waals surface area contributed by atoms with E-state index >= 15 is 0 Å². The first-order valence-corrected chi connectivity index (χ1v) is 8.29. The summed E-state index contributed by atoms with van der Waals surface area (Å²) in [5, 5.41) is 3.89. The van der Waals surface area contributed by atoms with Gasteiger partial charge in [0, 0.05) is 37.8 Å². The molecular formula is C18H20N4O2. The highest BCUT2D eigenvalue weighted by Crippen LogP contribution is 2.19. The molecule has 2 aliphatic heterocycles. The maximum absolute atomic E-state index is 12.2. The number of carbonyl (C=O) groups excluding carboxylic acids is 2. The van der Waals surface area contributed by atoms with Gasteiger partial charge in [0.05, 0.1) is 5.52 Å². The molecule has 0 unspecified atom stereocenters. The summed E-state index contributed by atoms with van der Waals surface area (Å²) in [7, 11) is 0. The van der Waals surface area contributed by atoms with Crippen molar-refractivity contribution in [3.8, 4) is 0 Å². The number of rotatable bonds is 2. The number of hydrogen-bond donors (Lipinski definition) is 1. The van der Waals surface area contributed by atoms with Crippen LogP contribution < -0.4 is 5.32 Å². The minimum absolute atomic E-state index is 0.0241. The van der Waals surface area contributed by atoms with Gasteiger partial charge in [-0.25, -0.2) is 0 Å². The molecule has 1 aromatic heterocycles. The number of nitrogens with zero attached hydrogens (tertiary/aromatic N) is 3. The molecule has 24 heavy (non-hydrogen) atoms. The molecule has 2 amide bonds. The Morgan fingerprint density at radius 1 is 1.25 bits per heavy atom. The third-order valence-corrected chi connectivity index (χ3v) is 4.85. The molecule has 1 aromatic carbocycles. The molecule has 6 nitrogen and oxygen atoms in total. The molecule has 124 valence electrons. The number of aromatic nitrogens is 1. The number of pyridine rings is 1. The number of fused-ring (bicyclic) bond motifs is 2. The van der Waals surface area contributed by atoms with E-state index in [0.29, 0.717) is 13.1 Å². The number of hydrogen-bond acceptors (Lipinski definition) is 4. The van der Waals surface area contributed by atoms with Gasteiger partial charge in [0.25, 0.3) is 0 Å². The molecule has 0 aliphatic carbocycles. The lowest BCUT2D eigenvalue weighted by atomic mass is 10.0. The summed E-state index contributed by atoms with van der Waals surface area (Å²) < 4.78 is 0. The molecule has 2 saturated heterocycles. The summed E-state index contributed by atoms with van der Waals surface area (Å²) in [6, 6.07) is 9.46. The molecule has 0 saturated carbocycles. The minimum atomic E-state index is -0.409. The van der Waals surface area contributed by atoms with Crippen molar-refractivity contribution in [2.24, 2.45) is 0 Å². The number of amides is 2.